The molecule has 0 saturated carbocycles. The van der Waals surface area contributed by atoms with Crippen LogP contribution in [-0.4, -0.2) is 16.2 Å². The summed E-state index contributed by atoms with van der Waals surface area (Å²) in [6.45, 7) is 8.23. The first-order valence-corrected chi connectivity index (χ1v) is 5.46. The normalized spacial score (nSPS) is 13.4. The molecule has 0 bridgehead atoms. The molecule has 0 aromatic rings. The summed E-state index contributed by atoms with van der Waals surface area (Å²) in [7, 11) is 0. The van der Waals surface area contributed by atoms with E-state index in [0.717, 1.165) is 32.1 Å². The average molecular weight is 187 g/mol. The molecule has 0 aromatic heterocycles. The predicted octanol–water partition coefficient (Wildman–Crippen LogP) is 2.45. The molecule has 0 atom stereocenters. The molecule has 2 heteroatoms. The zero-order valence-electron chi connectivity index (χ0n) is 9.56. The summed E-state index contributed by atoms with van der Waals surface area (Å²) < 4.78 is 0. The van der Waals surface area contributed by atoms with Gasteiger partial charge in [-0.15, -0.1) is 0 Å². The van der Waals surface area contributed by atoms with Crippen LogP contribution in [-0.2, 0) is 0 Å². The van der Waals surface area contributed by atoms with Gasteiger partial charge in [-0.25, -0.2) is 0 Å². The van der Waals surface area contributed by atoms with Crippen LogP contribution in [0.1, 0.15) is 59.8 Å². The van der Waals surface area contributed by atoms with E-state index in [0.29, 0.717) is 0 Å². The van der Waals surface area contributed by atoms with Crippen LogP contribution in [0.2, 0.25) is 0 Å². The van der Waals surface area contributed by atoms with Crippen molar-refractivity contribution in [2.75, 3.05) is 0 Å². The molecule has 80 valence electrons. The van der Waals surface area contributed by atoms with Crippen LogP contribution in [0.3, 0.4) is 0 Å². The minimum atomic E-state index is -0.555. The molecule has 0 rings (SSSR count). The summed E-state index contributed by atoms with van der Waals surface area (Å²) in [5.41, 5.74) is 5.44. The van der Waals surface area contributed by atoms with E-state index in [9.17, 15) is 5.11 Å². The van der Waals surface area contributed by atoms with Crippen molar-refractivity contribution in [3.05, 3.63) is 0 Å². The monoisotopic (exact) mass is 187 g/mol. The highest BCUT2D eigenvalue weighted by Crippen LogP contribution is 2.29. The van der Waals surface area contributed by atoms with E-state index in [1.807, 2.05) is 13.8 Å². The molecule has 3 N–H and O–H groups in total. The topological polar surface area (TPSA) is 46.2 Å². The maximum Gasteiger partial charge on any atom is 0.0660 e. The van der Waals surface area contributed by atoms with Crippen LogP contribution in [0, 0.1) is 0 Å². The lowest BCUT2D eigenvalue weighted by Gasteiger charge is -2.36. The Hall–Kier alpha value is -0.0800. The summed E-state index contributed by atoms with van der Waals surface area (Å²) >= 11 is 0. The summed E-state index contributed by atoms with van der Waals surface area (Å²) in [5, 5.41) is 10.1. The molecule has 0 amide bonds. The van der Waals surface area contributed by atoms with Gasteiger partial charge in [0.1, 0.15) is 0 Å². The third kappa shape index (κ3) is 3.65. The van der Waals surface area contributed by atoms with E-state index in [4.69, 9.17) is 5.73 Å². The minimum Gasteiger partial charge on any atom is -0.390 e. The summed E-state index contributed by atoms with van der Waals surface area (Å²) in [5.74, 6) is 0. The van der Waals surface area contributed by atoms with E-state index < -0.39 is 5.60 Å². The van der Waals surface area contributed by atoms with E-state index in [1.165, 1.54) is 0 Å². The summed E-state index contributed by atoms with van der Waals surface area (Å²) in [6.07, 6.45) is 4.18. The van der Waals surface area contributed by atoms with Gasteiger partial charge in [-0.05, 0) is 32.1 Å². The van der Waals surface area contributed by atoms with E-state index in [1.54, 1.807) is 0 Å². The van der Waals surface area contributed by atoms with Gasteiger partial charge in [0.15, 0.2) is 0 Å². The Bertz CT molecular complexity index is 121. The van der Waals surface area contributed by atoms with Gasteiger partial charge in [0.2, 0.25) is 0 Å². The minimum absolute atomic E-state index is 0.180. The Kier molecular flexibility index (Phi) is 4.93. The fraction of sp³-hybridized carbons (Fsp3) is 1.00. The fourth-order valence-corrected chi connectivity index (χ4v) is 1.66. The molecule has 0 heterocycles. The summed E-state index contributed by atoms with van der Waals surface area (Å²) in [4.78, 5) is 0. The Labute approximate surface area is 82.5 Å². The third-order valence-electron chi connectivity index (χ3n) is 3.41. The van der Waals surface area contributed by atoms with Crippen molar-refractivity contribution in [1.29, 1.82) is 0 Å². The second kappa shape index (κ2) is 4.97. The van der Waals surface area contributed by atoms with Crippen LogP contribution in [0.25, 0.3) is 0 Å². The van der Waals surface area contributed by atoms with E-state index in [-0.39, 0.29) is 5.54 Å². The zero-order valence-corrected chi connectivity index (χ0v) is 9.56. The highest BCUT2D eigenvalue weighted by atomic mass is 16.3. The molecule has 0 aromatic carbocycles. The lowest BCUT2D eigenvalue weighted by molar-refractivity contribution is 0.000500. The summed E-state index contributed by atoms with van der Waals surface area (Å²) in [6, 6.07) is 0. The Morgan fingerprint density at radius 1 is 0.923 bits per heavy atom. The molecule has 0 aliphatic carbocycles. The number of hydrogen-bond donors (Lipinski definition) is 2. The molecule has 0 aliphatic heterocycles. The van der Waals surface area contributed by atoms with Crippen molar-refractivity contribution < 1.29 is 5.11 Å². The maximum absolute atomic E-state index is 10.1. The number of aliphatic hydroxyl groups is 1. The van der Waals surface area contributed by atoms with Gasteiger partial charge in [0.25, 0.3) is 0 Å². The van der Waals surface area contributed by atoms with Crippen molar-refractivity contribution in [1.82, 2.24) is 0 Å². The van der Waals surface area contributed by atoms with E-state index >= 15 is 0 Å². The van der Waals surface area contributed by atoms with Gasteiger partial charge in [-0.2, -0.15) is 0 Å². The number of nitrogens with two attached hydrogens (primary N) is 1. The van der Waals surface area contributed by atoms with Gasteiger partial charge in [-0.3, -0.25) is 0 Å². The molecule has 0 fully saturated rings. The van der Waals surface area contributed by atoms with Crippen molar-refractivity contribution in [3.8, 4) is 0 Å². The van der Waals surface area contributed by atoms with Crippen LogP contribution in [0.4, 0.5) is 0 Å². The Morgan fingerprint density at radius 3 is 1.54 bits per heavy atom. The number of hydrogen-bond acceptors (Lipinski definition) is 2. The first kappa shape index (κ1) is 12.9. The Morgan fingerprint density at radius 2 is 1.31 bits per heavy atom. The first-order chi connectivity index (χ1) is 5.95. The quantitative estimate of drug-likeness (QED) is 0.671. The van der Waals surface area contributed by atoms with Crippen LogP contribution < -0.4 is 5.73 Å². The van der Waals surface area contributed by atoms with Crippen molar-refractivity contribution in [2.45, 2.75) is 70.9 Å². The van der Waals surface area contributed by atoms with Crippen LogP contribution in [0.15, 0.2) is 0 Å². The van der Waals surface area contributed by atoms with E-state index in [2.05, 4.69) is 13.8 Å². The third-order valence-corrected chi connectivity index (χ3v) is 3.41. The lowest BCUT2D eigenvalue weighted by atomic mass is 9.79. The van der Waals surface area contributed by atoms with Gasteiger partial charge in [0, 0.05) is 5.54 Å². The molecule has 0 unspecified atom stereocenters. The lowest BCUT2D eigenvalue weighted by Crippen LogP contribution is -2.46. The van der Waals surface area contributed by atoms with Crippen molar-refractivity contribution in [3.63, 3.8) is 0 Å². The second-order valence-corrected chi connectivity index (χ2v) is 4.18. The SMILES string of the molecule is CCC(N)(CC)CC(O)(CC)CC. The van der Waals surface area contributed by atoms with Crippen LogP contribution >= 0.6 is 0 Å². The predicted molar refractivity (Wildman–Crippen MR) is 57.6 cm³/mol. The first-order valence-electron chi connectivity index (χ1n) is 5.46. The van der Waals surface area contributed by atoms with Crippen molar-refractivity contribution >= 4 is 0 Å². The molecule has 0 saturated heterocycles. The Balaban J connectivity index is 4.36. The van der Waals surface area contributed by atoms with Gasteiger partial charge >= 0.3 is 0 Å². The second-order valence-electron chi connectivity index (χ2n) is 4.18. The number of rotatable bonds is 6. The molecule has 0 spiro atoms. The molecule has 0 radical (unpaired) electrons. The fourth-order valence-electron chi connectivity index (χ4n) is 1.66. The molecule has 13 heavy (non-hydrogen) atoms. The molecular weight excluding hydrogens is 162 g/mol. The van der Waals surface area contributed by atoms with Crippen molar-refractivity contribution in [2.24, 2.45) is 5.73 Å². The van der Waals surface area contributed by atoms with Gasteiger partial charge in [-0.1, -0.05) is 27.7 Å². The highest BCUT2D eigenvalue weighted by Gasteiger charge is 2.32. The van der Waals surface area contributed by atoms with Gasteiger partial charge in [0.05, 0.1) is 5.60 Å². The zero-order chi connectivity index (χ0) is 10.5. The van der Waals surface area contributed by atoms with Gasteiger partial charge < -0.3 is 10.8 Å². The molecule has 0 aliphatic rings. The largest absolute Gasteiger partial charge is 0.390 e. The van der Waals surface area contributed by atoms with Crippen LogP contribution in [0.5, 0.6) is 0 Å². The standard InChI is InChI=1S/C11H25NO/c1-5-10(12,6-2)9-11(13,7-3)8-4/h13H,5-9,12H2,1-4H3. The smallest absolute Gasteiger partial charge is 0.0660 e. The average Bonchev–Trinajstić information content (AvgIpc) is 2.17. The molecule has 2 nitrogen and oxygen atoms in total. The maximum atomic E-state index is 10.1. The molecular formula is C11H25NO. The highest BCUT2D eigenvalue weighted by molar-refractivity contribution is 4.90.